The Morgan fingerprint density at radius 3 is 2.67 bits per heavy atom. The van der Waals surface area contributed by atoms with Crippen molar-refractivity contribution in [3.05, 3.63) is 10.2 Å². The normalized spacial score (nSPS) is 24.8. The number of nitrogens with zero attached hydrogens (tertiary/aromatic N) is 1. The van der Waals surface area contributed by atoms with E-state index >= 15 is 0 Å². The molecule has 120 valence electrons. The van der Waals surface area contributed by atoms with Crippen LogP contribution in [0.3, 0.4) is 0 Å². The first-order valence-corrected chi connectivity index (χ1v) is 8.46. The first kappa shape index (κ1) is 18.4. The van der Waals surface area contributed by atoms with Crippen LogP contribution in [0.1, 0.15) is 33.1 Å². The summed E-state index contributed by atoms with van der Waals surface area (Å²) in [7, 11) is 2.03. The summed E-state index contributed by atoms with van der Waals surface area (Å²) in [6, 6.07) is 0. The molecule has 0 amide bonds. The van der Waals surface area contributed by atoms with Crippen molar-refractivity contribution in [1.82, 2.24) is 4.90 Å². The lowest BCUT2D eigenvalue weighted by Gasteiger charge is -2.39. The lowest BCUT2D eigenvalue weighted by atomic mass is 9.87. The lowest BCUT2D eigenvalue weighted by molar-refractivity contribution is -0.164. The molecule has 0 radical (unpaired) electrons. The molecular weight excluding hydrogens is 385 g/mol. The molecule has 0 N–H and O–H groups in total. The highest BCUT2D eigenvalue weighted by molar-refractivity contribution is 14.1. The van der Waals surface area contributed by atoms with Gasteiger partial charge < -0.3 is 14.4 Å². The third kappa shape index (κ3) is 6.78. The second kappa shape index (κ2) is 9.40. The Morgan fingerprint density at radius 2 is 2.10 bits per heavy atom. The molecule has 21 heavy (non-hydrogen) atoms. The molecule has 0 spiro atoms. The molecule has 3 atom stereocenters. The molecule has 3 unspecified atom stereocenters. The fourth-order valence-electron chi connectivity index (χ4n) is 2.74. The zero-order chi connectivity index (χ0) is 15.8. The Morgan fingerprint density at radius 1 is 1.38 bits per heavy atom. The van der Waals surface area contributed by atoms with Crippen LogP contribution in [0.25, 0.3) is 0 Å². The highest BCUT2D eigenvalue weighted by Gasteiger charge is 2.37. The summed E-state index contributed by atoms with van der Waals surface area (Å²) in [6.07, 6.45) is 4.02. The number of hydrogen-bond acceptors (Lipinski definition) is 5. The zero-order valence-electron chi connectivity index (χ0n) is 12.9. The number of hydrogen-bond donors (Lipinski definition) is 0. The number of halogens is 1. The van der Waals surface area contributed by atoms with Gasteiger partial charge in [-0.05, 0) is 30.4 Å². The highest BCUT2D eigenvalue weighted by atomic mass is 127. The van der Waals surface area contributed by atoms with Gasteiger partial charge in [0, 0.05) is 32.9 Å². The van der Waals surface area contributed by atoms with Crippen molar-refractivity contribution in [2.75, 3.05) is 20.1 Å². The van der Waals surface area contributed by atoms with Gasteiger partial charge in [-0.15, -0.1) is 0 Å². The largest absolute Gasteiger partial charge is 0.462 e. The summed E-state index contributed by atoms with van der Waals surface area (Å²) >= 11 is 2.17. The summed E-state index contributed by atoms with van der Waals surface area (Å²) in [4.78, 5) is 24.9. The van der Waals surface area contributed by atoms with Gasteiger partial charge in [0.05, 0.1) is 0 Å². The van der Waals surface area contributed by atoms with Gasteiger partial charge in [0.1, 0.15) is 12.2 Å². The Bertz CT molecular complexity index is 386. The van der Waals surface area contributed by atoms with Crippen molar-refractivity contribution in [1.29, 1.82) is 0 Å². The van der Waals surface area contributed by atoms with E-state index in [0.29, 0.717) is 0 Å². The fraction of sp³-hybridized carbons (Fsp3) is 0.733. The molecule has 1 aliphatic heterocycles. The van der Waals surface area contributed by atoms with Crippen molar-refractivity contribution < 1.29 is 19.1 Å². The van der Waals surface area contributed by atoms with Crippen LogP contribution < -0.4 is 0 Å². The van der Waals surface area contributed by atoms with Crippen LogP contribution in [0.2, 0.25) is 0 Å². The maximum atomic E-state index is 11.4. The Kier molecular flexibility index (Phi) is 8.24. The molecule has 0 aliphatic carbocycles. The van der Waals surface area contributed by atoms with E-state index in [2.05, 4.69) is 27.5 Å². The van der Waals surface area contributed by atoms with Crippen LogP contribution in [0.15, 0.2) is 10.2 Å². The van der Waals surface area contributed by atoms with Crippen molar-refractivity contribution in [3.8, 4) is 0 Å². The van der Waals surface area contributed by atoms with Crippen LogP contribution in [-0.4, -0.2) is 49.2 Å². The quantitative estimate of drug-likeness (QED) is 0.499. The molecule has 0 saturated carbocycles. The molecule has 1 saturated heterocycles. The zero-order valence-corrected chi connectivity index (χ0v) is 15.0. The van der Waals surface area contributed by atoms with Gasteiger partial charge in [0.2, 0.25) is 0 Å². The van der Waals surface area contributed by atoms with Crippen molar-refractivity contribution >= 4 is 34.5 Å². The van der Waals surface area contributed by atoms with Crippen LogP contribution >= 0.6 is 22.6 Å². The van der Waals surface area contributed by atoms with E-state index in [1.807, 2.05) is 17.2 Å². The summed E-state index contributed by atoms with van der Waals surface area (Å²) in [5, 5.41) is 0. The average molecular weight is 409 g/mol. The van der Waals surface area contributed by atoms with E-state index in [1.165, 1.54) is 13.8 Å². The van der Waals surface area contributed by atoms with E-state index < -0.39 is 0 Å². The molecule has 5 nitrogen and oxygen atoms in total. The Labute approximate surface area is 140 Å². The monoisotopic (exact) mass is 409 g/mol. The summed E-state index contributed by atoms with van der Waals surface area (Å²) in [5.74, 6) is -0.532. The van der Waals surface area contributed by atoms with Crippen LogP contribution in [0, 0.1) is 5.92 Å². The van der Waals surface area contributed by atoms with Crippen molar-refractivity contribution in [2.24, 2.45) is 5.92 Å². The Hall–Kier alpha value is -0.630. The maximum Gasteiger partial charge on any atom is 0.302 e. The first-order valence-electron chi connectivity index (χ1n) is 7.22. The molecule has 6 heteroatoms. The minimum atomic E-state index is -0.284. The molecule has 1 heterocycles. The number of esters is 2. The summed E-state index contributed by atoms with van der Waals surface area (Å²) < 4.78 is 12.9. The molecule has 0 aromatic rings. The maximum absolute atomic E-state index is 11.4. The number of likely N-dealkylation sites (tertiary alicyclic amines) is 1. The highest BCUT2D eigenvalue weighted by Crippen LogP contribution is 2.27. The molecule has 0 bridgehead atoms. The Balaban J connectivity index is 2.80. The van der Waals surface area contributed by atoms with Gasteiger partial charge in [0.25, 0.3) is 0 Å². The first-order chi connectivity index (χ1) is 9.93. The van der Waals surface area contributed by atoms with Crippen LogP contribution in [0.4, 0.5) is 0 Å². The molecule has 1 fully saturated rings. The van der Waals surface area contributed by atoms with Crippen LogP contribution in [-0.2, 0) is 19.1 Å². The van der Waals surface area contributed by atoms with E-state index in [1.54, 1.807) is 0 Å². The van der Waals surface area contributed by atoms with E-state index in [4.69, 9.17) is 9.47 Å². The number of piperidine rings is 1. The van der Waals surface area contributed by atoms with Crippen LogP contribution in [0.5, 0.6) is 0 Å². The smallest absolute Gasteiger partial charge is 0.302 e. The van der Waals surface area contributed by atoms with Crippen molar-refractivity contribution in [3.63, 3.8) is 0 Å². The predicted molar refractivity (Wildman–Crippen MR) is 89.1 cm³/mol. The van der Waals surface area contributed by atoms with Gasteiger partial charge in [0.15, 0.2) is 0 Å². The SMILES string of the molecule is CC(=O)OC(CC/C=C/I)C1CN(C)CCC1OC(C)=O. The number of allylic oxidation sites excluding steroid dienone is 1. The summed E-state index contributed by atoms with van der Waals surface area (Å²) in [6.45, 7) is 4.50. The molecule has 0 aromatic heterocycles. The lowest BCUT2D eigenvalue weighted by Crippen LogP contribution is -2.49. The molecule has 1 aliphatic rings. The van der Waals surface area contributed by atoms with Gasteiger partial charge in [-0.2, -0.15) is 0 Å². The number of rotatable bonds is 6. The number of ether oxygens (including phenoxy) is 2. The standard InChI is InChI=1S/C15H24INO4/c1-11(18)20-14(6-4-5-8-16)13-10-17(3)9-7-15(13)21-12(2)19/h5,8,13-15H,4,6-7,9-10H2,1-3H3/b8-5+. The van der Waals surface area contributed by atoms with Gasteiger partial charge in [-0.1, -0.05) is 28.7 Å². The second-order valence-corrected chi connectivity index (χ2v) is 6.17. The second-order valence-electron chi connectivity index (χ2n) is 5.45. The third-order valence-corrected chi connectivity index (χ3v) is 4.12. The number of carbonyl (C=O) groups excluding carboxylic acids is 2. The van der Waals surface area contributed by atoms with Gasteiger partial charge in [-0.3, -0.25) is 9.59 Å². The fourth-order valence-corrected chi connectivity index (χ4v) is 3.10. The van der Waals surface area contributed by atoms with Gasteiger partial charge in [-0.25, -0.2) is 0 Å². The van der Waals surface area contributed by atoms with Gasteiger partial charge >= 0.3 is 11.9 Å². The molecule has 1 rings (SSSR count). The topological polar surface area (TPSA) is 55.8 Å². The summed E-state index contributed by atoms with van der Waals surface area (Å²) in [5.41, 5.74) is 0. The van der Waals surface area contributed by atoms with E-state index in [-0.39, 0.29) is 30.1 Å². The third-order valence-electron chi connectivity index (χ3n) is 3.61. The van der Waals surface area contributed by atoms with E-state index in [9.17, 15) is 9.59 Å². The molecule has 0 aromatic carbocycles. The van der Waals surface area contributed by atoms with Crippen molar-refractivity contribution in [2.45, 2.75) is 45.3 Å². The molecular formula is C15H24INO4. The minimum Gasteiger partial charge on any atom is -0.462 e. The predicted octanol–water partition coefficient (Wildman–Crippen LogP) is 2.53. The van der Waals surface area contributed by atoms with E-state index in [0.717, 1.165) is 32.4 Å². The number of carbonyl (C=O) groups is 2. The minimum absolute atomic E-state index is 0.0270. The average Bonchev–Trinajstić information content (AvgIpc) is 2.39.